The van der Waals surface area contributed by atoms with Gasteiger partial charge in [0.2, 0.25) is 0 Å². The van der Waals surface area contributed by atoms with Crippen LogP contribution in [0.2, 0.25) is 0 Å². The predicted molar refractivity (Wildman–Crippen MR) is 132 cm³/mol. The van der Waals surface area contributed by atoms with Crippen molar-refractivity contribution in [2.75, 3.05) is 14.2 Å². The minimum absolute atomic E-state index is 0.193. The summed E-state index contributed by atoms with van der Waals surface area (Å²) in [5.74, 6) is 0.414. The lowest BCUT2D eigenvalue weighted by Gasteiger charge is -2.11. The van der Waals surface area contributed by atoms with Crippen molar-refractivity contribution >= 4 is 45.8 Å². The molecule has 1 amide bonds. The highest BCUT2D eigenvalue weighted by Crippen LogP contribution is 2.25. The molecule has 8 nitrogen and oxygen atoms in total. The number of fused-ring (bicyclic) bond motifs is 1. The number of carbonyl (C=O) groups excluding carboxylic acids is 2. The second-order valence-electron chi connectivity index (χ2n) is 7.11. The van der Waals surface area contributed by atoms with E-state index in [4.69, 9.17) is 9.47 Å². The van der Waals surface area contributed by atoms with Crippen molar-refractivity contribution in [3.63, 3.8) is 0 Å². The quantitative estimate of drug-likeness (QED) is 0.240. The Balaban J connectivity index is 1.45. The van der Waals surface area contributed by atoms with Crippen molar-refractivity contribution < 1.29 is 23.8 Å². The fourth-order valence-corrected chi connectivity index (χ4v) is 3.94. The van der Waals surface area contributed by atoms with E-state index in [2.05, 4.69) is 26.3 Å². The van der Waals surface area contributed by atoms with Crippen LogP contribution in [-0.4, -0.2) is 37.5 Å². The molecular weight excluding hydrogens is 454 g/mol. The van der Waals surface area contributed by atoms with Gasteiger partial charge < -0.3 is 14.2 Å². The summed E-state index contributed by atoms with van der Waals surface area (Å²) in [6, 6.07) is 19.6. The van der Waals surface area contributed by atoms with Gasteiger partial charge in [0.25, 0.3) is 5.91 Å². The van der Waals surface area contributed by atoms with E-state index in [1.165, 1.54) is 7.11 Å². The summed E-state index contributed by atoms with van der Waals surface area (Å²) in [7, 11) is 2.85. The molecule has 3 aromatic rings. The van der Waals surface area contributed by atoms with Gasteiger partial charge in [0.05, 0.1) is 25.3 Å². The molecule has 1 heterocycles. The van der Waals surface area contributed by atoms with Gasteiger partial charge in [-0.25, -0.2) is 4.79 Å². The molecule has 0 aliphatic carbocycles. The number of amidine groups is 1. The van der Waals surface area contributed by atoms with Crippen molar-refractivity contribution in [1.29, 1.82) is 0 Å². The van der Waals surface area contributed by atoms with Crippen LogP contribution < -0.4 is 14.8 Å². The van der Waals surface area contributed by atoms with E-state index in [0.29, 0.717) is 12.4 Å². The van der Waals surface area contributed by atoms with Crippen molar-refractivity contribution in [3.8, 4) is 11.5 Å². The van der Waals surface area contributed by atoms with Crippen molar-refractivity contribution in [2.24, 2.45) is 10.2 Å². The lowest BCUT2D eigenvalue weighted by molar-refractivity contribution is -0.135. The largest absolute Gasteiger partial charge is 0.496 e. The first-order valence-electron chi connectivity index (χ1n) is 10.2. The number of benzene rings is 3. The molecular formula is C25H21N3O5S. The van der Waals surface area contributed by atoms with Crippen LogP contribution in [0.1, 0.15) is 11.1 Å². The number of amides is 1. The van der Waals surface area contributed by atoms with Crippen molar-refractivity contribution in [3.05, 3.63) is 82.8 Å². The highest BCUT2D eigenvalue weighted by molar-refractivity contribution is 8.18. The lowest BCUT2D eigenvalue weighted by atomic mass is 10.1. The Kier molecular flexibility index (Phi) is 7.24. The summed E-state index contributed by atoms with van der Waals surface area (Å²) in [6.45, 7) is 0.311. The number of methoxy groups -OCH3 is 2. The molecule has 0 saturated carbocycles. The van der Waals surface area contributed by atoms with Crippen LogP contribution >= 0.6 is 11.8 Å². The van der Waals surface area contributed by atoms with E-state index in [1.807, 2.05) is 54.6 Å². The summed E-state index contributed by atoms with van der Waals surface area (Å²) in [6.07, 6.45) is 2.66. The Bertz CT molecular complexity index is 1330. The Morgan fingerprint density at radius 2 is 1.88 bits per heavy atom. The van der Waals surface area contributed by atoms with E-state index in [9.17, 15) is 9.59 Å². The van der Waals surface area contributed by atoms with Crippen LogP contribution in [0.4, 0.5) is 0 Å². The molecule has 0 atom stereocenters. The SMILES string of the molecule is COC(=O)/C=C1/S/C(=N\N=Cc2ccc(OC)c(COc3ccc4ccccc4c3)c2)NC1=O. The summed E-state index contributed by atoms with van der Waals surface area (Å²) in [4.78, 5) is 23.4. The van der Waals surface area contributed by atoms with Gasteiger partial charge in [0, 0.05) is 11.6 Å². The van der Waals surface area contributed by atoms with Crippen LogP contribution in [-0.2, 0) is 20.9 Å². The topological polar surface area (TPSA) is 98.6 Å². The first-order chi connectivity index (χ1) is 16.6. The van der Waals surface area contributed by atoms with Gasteiger partial charge in [-0.15, -0.1) is 5.10 Å². The Labute approximate surface area is 200 Å². The number of hydrogen-bond acceptors (Lipinski definition) is 8. The Morgan fingerprint density at radius 3 is 2.68 bits per heavy atom. The number of carbonyl (C=O) groups is 2. The van der Waals surface area contributed by atoms with Gasteiger partial charge in [-0.3, -0.25) is 10.1 Å². The predicted octanol–water partition coefficient (Wildman–Crippen LogP) is 4.04. The first-order valence-corrected chi connectivity index (χ1v) is 11.1. The highest BCUT2D eigenvalue weighted by Gasteiger charge is 2.25. The highest BCUT2D eigenvalue weighted by atomic mass is 32.2. The molecule has 0 bridgehead atoms. The molecule has 1 aliphatic heterocycles. The molecule has 0 radical (unpaired) electrons. The molecule has 0 aromatic heterocycles. The summed E-state index contributed by atoms with van der Waals surface area (Å²) < 4.78 is 16.0. The maximum Gasteiger partial charge on any atom is 0.331 e. The second-order valence-corrected chi connectivity index (χ2v) is 8.14. The van der Waals surface area contributed by atoms with Crippen LogP contribution in [0.15, 0.2) is 81.8 Å². The maximum absolute atomic E-state index is 11.9. The zero-order chi connectivity index (χ0) is 23.9. The molecule has 0 spiro atoms. The van der Waals surface area contributed by atoms with E-state index >= 15 is 0 Å². The Hall–Kier alpha value is -4.11. The third-order valence-electron chi connectivity index (χ3n) is 4.88. The molecule has 4 rings (SSSR count). The van der Waals surface area contributed by atoms with Gasteiger partial charge >= 0.3 is 5.97 Å². The molecule has 9 heteroatoms. The average molecular weight is 476 g/mol. The van der Waals surface area contributed by atoms with E-state index in [0.717, 1.165) is 45.5 Å². The number of ether oxygens (including phenoxy) is 3. The molecule has 0 unspecified atom stereocenters. The molecule has 1 N–H and O–H groups in total. The van der Waals surface area contributed by atoms with Crippen LogP contribution in [0.5, 0.6) is 11.5 Å². The van der Waals surface area contributed by atoms with Gasteiger partial charge in [-0.05, 0) is 58.4 Å². The fraction of sp³-hybridized carbons (Fsp3) is 0.120. The lowest BCUT2D eigenvalue weighted by Crippen LogP contribution is -2.19. The van der Waals surface area contributed by atoms with Gasteiger partial charge in [0.15, 0.2) is 5.17 Å². The van der Waals surface area contributed by atoms with Crippen molar-refractivity contribution in [2.45, 2.75) is 6.61 Å². The fourth-order valence-electron chi connectivity index (χ4n) is 3.20. The van der Waals surface area contributed by atoms with Gasteiger partial charge in [-0.2, -0.15) is 5.10 Å². The third-order valence-corrected chi connectivity index (χ3v) is 5.78. The number of hydrogen-bond donors (Lipinski definition) is 1. The number of thioether (sulfide) groups is 1. The van der Waals surface area contributed by atoms with E-state index < -0.39 is 11.9 Å². The molecule has 1 saturated heterocycles. The van der Waals surface area contributed by atoms with Crippen LogP contribution in [0, 0.1) is 0 Å². The minimum atomic E-state index is -0.612. The first kappa shape index (κ1) is 23.1. The second kappa shape index (κ2) is 10.7. The summed E-state index contributed by atoms with van der Waals surface area (Å²) >= 11 is 1.01. The maximum atomic E-state index is 11.9. The van der Waals surface area contributed by atoms with Gasteiger partial charge in [-0.1, -0.05) is 30.3 Å². The summed E-state index contributed by atoms with van der Waals surface area (Å²) in [5.41, 5.74) is 1.63. The van der Waals surface area contributed by atoms with Crippen molar-refractivity contribution in [1.82, 2.24) is 5.32 Å². The molecule has 1 aliphatic rings. The number of esters is 1. The molecule has 34 heavy (non-hydrogen) atoms. The molecule has 3 aromatic carbocycles. The smallest absolute Gasteiger partial charge is 0.331 e. The average Bonchev–Trinajstić information content (AvgIpc) is 3.21. The van der Waals surface area contributed by atoms with Crippen LogP contribution in [0.3, 0.4) is 0 Å². The number of nitrogens with one attached hydrogen (secondary N) is 1. The summed E-state index contributed by atoms with van der Waals surface area (Å²) in [5, 5.41) is 13.1. The van der Waals surface area contributed by atoms with E-state index in [-0.39, 0.29) is 10.1 Å². The zero-order valence-corrected chi connectivity index (χ0v) is 19.3. The monoisotopic (exact) mass is 475 g/mol. The van der Waals surface area contributed by atoms with E-state index in [1.54, 1.807) is 13.3 Å². The Morgan fingerprint density at radius 1 is 1.06 bits per heavy atom. The zero-order valence-electron chi connectivity index (χ0n) is 18.5. The van der Waals surface area contributed by atoms with Gasteiger partial charge in [0.1, 0.15) is 18.1 Å². The standard InChI is InChI=1S/C25H21N3O5S/c1-31-21-10-7-16(14-26-28-25-27-24(30)22(34-25)13-23(29)32-2)11-19(21)15-33-20-9-8-17-5-3-4-6-18(17)12-20/h3-14H,15H2,1-2H3,(H,27,28,30)/b22-13+,26-14?. The third kappa shape index (κ3) is 5.62. The minimum Gasteiger partial charge on any atom is -0.496 e. The van der Waals surface area contributed by atoms with Crippen LogP contribution in [0.25, 0.3) is 10.8 Å². The number of nitrogens with zero attached hydrogens (tertiary/aromatic N) is 2. The number of rotatable bonds is 7. The molecule has 172 valence electrons. The molecule has 1 fully saturated rings. The normalized spacial score (nSPS) is 15.8.